The zero-order valence-corrected chi connectivity index (χ0v) is 16.1. The molecule has 0 radical (unpaired) electrons. The zero-order chi connectivity index (χ0) is 19.6. The maximum atomic E-state index is 12.6. The number of ether oxygens (including phenoxy) is 1. The molecule has 142 valence electrons. The van der Waals surface area contributed by atoms with Gasteiger partial charge >= 0.3 is 0 Å². The Balaban J connectivity index is 1.54. The smallest absolute Gasteiger partial charge is 0.261 e. The molecular weight excluding hydrogens is 374 g/mol. The molecule has 0 saturated carbocycles. The van der Waals surface area contributed by atoms with Gasteiger partial charge in [-0.2, -0.15) is 5.10 Å². The summed E-state index contributed by atoms with van der Waals surface area (Å²) in [6, 6.07) is 20.5. The van der Waals surface area contributed by atoms with Crippen LogP contribution in [0.5, 0.6) is 5.75 Å². The molecule has 0 amide bonds. The molecule has 0 aliphatic rings. The maximum absolute atomic E-state index is 12.6. The van der Waals surface area contributed by atoms with Crippen LogP contribution in [-0.2, 0) is 16.6 Å². The molecule has 1 N–H and O–H groups in total. The number of aromatic nitrogens is 2. The summed E-state index contributed by atoms with van der Waals surface area (Å²) in [7, 11) is -2.16. The molecule has 0 bridgehead atoms. The number of anilines is 1. The lowest BCUT2D eigenvalue weighted by Gasteiger charge is -2.07. The van der Waals surface area contributed by atoms with E-state index in [1.54, 1.807) is 23.0 Å². The van der Waals surface area contributed by atoms with E-state index in [1.165, 1.54) is 25.4 Å². The number of fused-ring (bicyclic) bond motifs is 1. The van der Waals surface area contributed by atoms with E-state index in [9.17, 15) is 8.42 Å². The molecule has 7 heteroatoms. The molecule has 4 rings (SSSR count). The van der Waals surface area contributed by atoms with Crippen molar-refractivity contribution in [3.63, 3.8) is 0 Å². The Morgan fingerprint density at radius 1 is 1.00 bits per heavy atom. The first-order valence-corrected chi connectivity index (χ1v) is 10.2. The van der Waals surface area contributed by atoms with Crippen molar-refractivity contribution in [3.8, 4) is 5.75 Å². The van der Waals surface area contributed by atoms with Crippen molar-refractivity contribution in [2.24, 2.45) is 0 Å². The van der Waals surface area contributed by atoms with E-state index in [4.69, 9.17) is 4.74 Å². The Kier molecular flexibility index (Phi) is 4.75. The van der Waals surface area contributed by atoms with E-state index < -0.39 is 10.0 Å². The predicted octanol–water partition coefficient (Wildman–Crippen LogP) is 3.89. The Morgan fingerprint density at radius 3 is 2.54 bits per heavy atom. The third-order valence-electron chi connectivity index (χ3n) is 4.47. The Morgan fingerprint density at radius 2 is 1.75 bits per heavy atom. The summed E-state index contributed by atoms with van der Waals surface area (Å²) >= 11 is 0. The zero-order valence-electron chi connectivity index (χ0n) is 15.2. The van der Waals surface area contributed by atoms with Gasteiger partial charge in [0.15, 0.2) is 0 Å². The van der Waals surface area contributed by atoms with E-state index in [1.807, 2.05) is 24.3 Å². The summed E-state index contributed by atoms with van der Waals surface area (Å²) in [6.45, 7) is 0.547. The van der Waals surface area contributed by atoms with Gasteiger partial charge in [-0.05, 0) is 40.6 Å². The quantitative estimate of drug-likeness (QED) is 0.539. The van der Waals surface area contributed by atoms with Crippen molar-refractivity contribution in [2.75, 3.05) is 11.8 Å². The van der Waals surface area contributed by atoms with Gasteiger partial charge in [-0.15, -0.1) is 0 Å². The van der Waals surface area contributed by atoms with Gasteiger partial charge in [-0.3, -0.25) is 9.40 Å². The molecule has 0 aliphatic heterocycles. The number of sulfonamides is 1. The van der Waals surface area contributed by atoms with E-state index in [-0.39, 0.29) is 4.90 Å². The number of benzene rings is 3. The molecule has 0 saturated heterocycles. The Bertz CT molecular complexity index is 1210. The van der Waals surface area contributed by atoms with E-state index >= 15 is 0 Å². The molecule has 1 aromatic heterocycles. The van der Waals surface area contributed by atoms with Crippen LogP contribution in [0.25, 0.3) is 10.8 Å². The van der Waals surface area contributed by atoms with Crippen LogP contribution in [0, 0.1) is 0 Å². The van der Waals surface area contributed by atoms with Gasteiger partial charge < -0.3 is 4.74 Å². The fourth-order valence-electron chi connectivity index (χ4n) is 3.08. The fraction of sp³-hybridized carbons (Fsp3) is 0.0952. The lowest BCUT2D eigenvalue weighted by atomic mass is 10.0. The highest BCUT2D eigenvalue weighted by atomic mass is 32.2. The number of hydrogen-bond acceptors (Lipinski definition) is 4. The van der Waals surface area contributed by atoms with Gasteiger partial charge in [-0.25, -0.2) is 8.42 Å². The number of rotatable bonds is 6. The van der Waals surface area contributed by atoms with Crippen molar-refractivity contribution >= 4 is 26.5 Å². The molecule has 0 fully saturated rings. The van der Waals surface area contributed by atoms with Gasteiger partial charge in [0, 0.05) is 6.20 Å². The summed E-state index contributed by atoms with van der Waals surface area (Å²) < 4.78 is 34.5. The van der Waals surface area contributed by atoms with Crippen molar-refractivity contribution in [3.05, 3.63) is 84.7 Å². The SMILES string of the molecule is COc1ccc(S(=O)(=O)Nc2cnn(Cc3cccc4ccccc34)c2)cc1. The highest BCUT2D eigenvalue weighted by molar-refractivity contribution is 7.92. The summed E-state index contributed by atoms with van der Waals surface area (Å²) in [5, 5.41) is 6.61. The molecule has 28 heavy (non-hydrogen) atoms. The second-order valence-corrected chi connectivity index (χ2v) is 8.03. The summed E-state index contributed by atoms with van der Waals surface area (Å²) in [5.41, 5.74) is 1.53. The molecule has 0 spiro atoms. The molecule has 0 aliphatic carbocycles. The number of hydrogen-bond donors (Lipinski definition) is 1. The molecule has 3 aromatic carbocycles. The molecular formula is C21H19N3O3S. The van der Waals surface area contributed by atoms with Crippen LogP contribution in [0.3, 0.4) is 0 Å². The van der Waals surface area contributed by atoms with Crippen LogP contribution < -0.4 is 9.46 Å². The van der Waals surface area contributed by atoms with Gasteiger partial charge in [0.2, 0.25) is 0 Å². The second kappa shape index (κ2) is 7.36. The highest BCUT2D eigenvalue weighted by Gasteiger charge is 2.15. The van der Waals surface area contributed by atoms with Crippen LogP contribution >= 0.6 is 0 Å². The average molecular weight is 393 g/mol. The van der Waals surface area contributed by atoms with Crippen molar-refractivity contribution in [1.82, 2.24) is 9.78 Å². The van der Waals surface area contributed by atoms with Crippen LogP contribution in [0.15, 0.2) is 84.0 Å². The average Bonchev–Trinajstić information content (AvgIpc) is 3.14. The third kappa shape index (κ3) is 3.70. The summed E-state index contributed by atoms with van der Waals surface area (Å²) in [4.78, 5) is 0.162. The normalized spacial score (nSPS) is 11.5. The van der Waals surface area contributed by atoms with Crippen LogP contribution in [-0.4, -0.2) is 25.3 Å². The predicted molar refractivity (Wildman–Crippen MR) is 109 cm³/mol. The van der Waals surface area contributed by atoms with Crippen molar-refractivity contribution < 1.29 is 13.2 Å². The first-order valence-electron chi connectivity index (χ1n) is 8.71. The number of nitrogens with zero attached hydrogens (tertiary/aromatic N) is 2. The highest BCUT2D eigenvalue weighted by Crippen LogP contribution is 2.21. The monoisotopic (exact) mass is 393 g/mol. The minimum atomic E-state index is -3.69. The lowest BCUT2D eigenvalue weighted by Crippen LogP contribution is -2.12. The van der Waals surface area contributed by atoms with Gasteiger partial charge in [0.1, 0.15) is 5.75 Å². The topological polar surface area (TPSA) is 73.2 Å². The van der Waals surface area contributed by atoms with E-state index in [0.717, 1.165) is 16.3 Å². The maximum Gasteiger partial charge on any atom is 0.261 e. The largest absolute Gasteiger partial charge is 0.497 e. The van der Waals surface area contributed by atoms with E-state index in [2.05, 4.69) is 28.0 Å². The Labute approximate surface area is 163 Å². The molecule has 0 unspecified atom stereocenters. The van der Waals surface area contributed by atoms with Gasteiger partial charge in [-0.1, -0.05) is 42.5 Å². The minimum Gasteiger partial charge on any atom is -0.497 e. The summed E-state index contributed by atoms with van der Waals surface area (Å²) in [5.74, 6) is 0.599. The fourth-order valence-corrected chi connectivity index (χ4v) is 4.10. The molecule has 4 aromatic rings. The van der Waals surface area contributed by atoms with Crippen LogP contribution in [0.2, 0.25) is 0 Å². The van der Waals surface area contributed by atoms with Crippen LogP contribution in [0.1, 0.15) is 5.56 Å². The molecule has 6 nitrogen and oxygen atoms in total. The number of nitrogens with one attached hydrogen (secondary N) is 1. The Hall–Kier alpha value is -3.32. The van der Waals surface area contributed by atoms with Crippen LogP contribution in [0.4, 0.5) is 5.69 Å². The second-order valence-electron chi connectivity index (χ2n) is 6.35. The first-order chi connectivity index (χ1) is 13.5. The molecule has 1 heterocycles. The van der Waals surface area contributed by atoms with Crippen molar-refractivity contribution in [1.29, 1.82) is 0 Å². The number of methoxy groups -OCH3 is 1. The standard InChI is InChI=1S/C21H19N3O3S/c1-27-19-9-11-20(12-10-19)28(25,26)23-18-13-22-24(15-18)14-17-7-4-6-16-5-2-3-8-21(16)17/h2-13,15,23H,14H2,1H3. The van der Waals surface area contributed by atoms with Crippen molar-refractivity contribution in [2.45, 2.75) is 11.4 Å². The molecule has 0 atom stereocenters. The third-order valence-corrected chi connectivity index (χ3v) is 5.86. The van der Waals surface area contributed by atoms with E-state index in [0.29, 0.717) is 18.0 Å². The van der Waals surface area contributed by atoms with Gasteiger partial charge in [0.25, 0.3) is 10.0 Å². The minimum absolute atomic E-state index is 0.162. The lowest BCUT2D eigenvalue weighted by molar-refractivity contribution is 0.414. The van der Waals surface area contributed by atoms with Gasteiger partial charge in [0.05, 0.1) is 30.4 Å². The first kappa shape index (κ1) is 18.1. The summed E-state index contributed by atoms with van der Waals surface area (Å²) in [6.07, 6.45) is 3.19.